The van der Waals surface area contributed by atoms with Gasteiger partial charge in [-0.25, -0.2) is 0 Å². The van der Waals surface area contributed by atoms with E-state index >= 15 is 0 Å². The number of hydrogen-bond donors (Lipinski definition) is 1. The van der Waals surface area contributed by atoms with E-state index in [2.05, 4.69) is 4.98 Å². The van der Waals surface area contributed by atoms with Gasteiger partial charge in [0.2, 0.25) is 0 Å². The van der Waals surface area contributed by atoms with Crippen molar-refractivity contribution in [3.05, 3.63) is 41.2 Å². The summed E-state index contributed by atoms with van der Waals surface area (Å²) in [5.74, 6) is 0.536. The molecule has 2 aromatic rings. The molecule has 0 fully saturated rings. The highest BCUT2D eigenvalue weighted by atomic mass is 35.5. The zero-order valence-electron chi connectivity index (χ0n) is 7.68. The van der Waals surface area contributed by atoms with Gasteiger partial charge in [-0.05, 0) is 18.2 Å². The van der Waals surface area contributed by atoms with E-state index in [-0.39, 0.29) is 12.7 Å². The lowest BCUT2D eigenvalue weighted by Crippen LogP contribution is -1.85. The van der Waals surface area contributed by atoms with Crippen molar-refractivity contribution < 1.29 is 14.3 Å². The lowest BCUT2D eigenvalue weighted by atomic mass is 10.3. The molecule has 15 heavy (non-hydrogen) atoms. The highest BCUT2D eigenvalue weighted by Gasteiger charge is 2.05. The first-order chi connectivity index (χ1) is 7.28. The summed E-state index contributed by atoms with van der Waals surface area (Å²) in [6.07, 6.45) is 1.42. The van der Waals surface area contributed by atoms with Gasteiger partial charge in [-0.15, -0.1) is 0 Å². The molecule has 0 saturated carbocycles. The average molecular weight is 226 g/mol. The van der Waals surface area contributed by atoms with Crippen molar-refractivity contribution in [2.24, 2.45) is 0 Å². The molecule has 1 N–H and O–H groups in total. The number of aliphatic hydroxyl groups excluding tert-OH is 1. The molecule has 1 aromatic carbocycles. The van der Waals surface area contributed by atoms with Crippen LogP contribution in [0.15, 0.2) is 34.9 Å². The standard InChI is InChI=1S/C10H8ClNO3/c11-7-2-1-3-9(4-7)15-10-12-8(5-13)6-14-10/h1-4,6,13H,5H2. The van der Waals surface area contributed by atoms with Gasteiger partial charge in [-0.2, -0.15) is 4.98 Å². The van der Waals surface area contributed by atoms with Crippen molar-refractivity contribution in [3.8, 4) is 11.8 Å². The SMILES string of the molecule is OCc1coc(Oc2cccc(Cl)c2)n1. The van der Waals surface area contributed by atoms with E-state index in [9.17, 15) is 0 Å². The van der Waals surface area contributed by atoms with Gasteiger partial charge in [0.1, 0.15) is 17.7 Å². The summed E-state index contributed by atoms with van der Waals surface area (Å²) in [5.41, 5.74) is 0.423. The van der Waals surface area contributed by atoms with Crippen LogP contribution in [0.1, 0.15) is 5.69 Å². The summed E-state index contributed by atoms with van der Waals surface area (Å²) in [6.45, 7) is -0.178. The van der Waals surface area contributed by atoms with Crippen LogP contribution in [0.5, 0.6) is 11.8 Å². The van der Waals surface area contributed by atoms with E-state index in [1.807, 2.05) is 0 Å². The van der Waals surface area contributed by atoms with Crippen molar-refractivity contribution >= 4 is 11.6 Å². The molecule has 1 aromatic heterocycles. The Bertz CT molecular complexity index is 455. The Labute approximate surface area is 91.1 Å². The fraction of sp³-hybridized carbons (Fsp3) is 0.100. The predicted molar refractivity (Wildman–Crippen MR) is 54.0 cm³/mol. The molecule has 0 amide bonds. The van der Waals surface area contributed by atoms with Crippen molar-refractivity contribution in [2.75, 3.05) is 0 Å². The number of nitrogens with zero attached hydrogens (tertiary/aromatic N) is 1. The van der Waals surface area contributed by atoms with E-state index in [1.54, 1.807) is 24.3 Å². The van der Waals surface area contributed by atoms with Gasteiger partial charge in [-0.1, -0.05) is 17.7 Å². The molecule has 4 nitrogen and oxygen atoms in total. The van der Waals surface area contributed by atoms with E-state index in [4.69, 9.17) is 25.9 Å². The van der Waals surface area contributed by atoms with Crippen LogP contribution in [0.25, 0.3) is 0 Å². The third-order valence-corrected chi connectivity index (χ3v) is 1.93. The molecular formula is C10H8ClNO3. The largest absolute Gasteiger partial charge is 0.417 e. The van der Waals surface area contributed by atoms with Gasteiger partial charge in [0.25, 0.3) is 0 Å². The minimum absolute atomic E-state index is 0.0846. The summed E-state index contributed by atoms with van der Waals surface area (Å²) in [6, 6.07) is 6.87. The Hall–Kier alpha value is -1.52. The summed E-state index contributed by atoms with van der Waals surface area (Å²) < 4.78 is 10.2. The minimum Gasteiger partial charge on any atom is -0.417 e. The van der Waals surface area contributed by atoms with Crippen molar-refractivity contribution in [3.63, 3.8) is 0 Å². The molecule has 5 heteroatoms. The van der Waals surface area contributed by atoms with Gasteiger partial charge in [0.05, 0.1) is 6.61 Å². The van der Waals surface area contributed by atoms with Crippen LogP contribution in [-0.2, 0) is 6.61 Å². The van der Waals surface area contributed by atoms with Gasteiger partial charge < -0.3 is 14.3 Å². The third-order valence-electron chi connectivity index (χ3n) is 1.69. The zero-order chi connectivity index (χ0) is 10.7. The highest BCUT2D eigenvalue weighted by molar-refractivity contribution is 6.30. The second-order valence-electron chi connectivity index (χ2n) is 2.82. The Morgan fingerprint density at radius 1 is 1.47 bits per heavy atom. The first-order valence-electron chi connectivity index (χ1n) is 4.26. The summed E-state index contributed by atoms with van der Waals surface area (Å²) >= 11 is 5.77. The van der Waals surface area contributed by atoms with Crippen LogP contribution < -0.4 is 4.74 Å². The molecule has 0 saturated heterocycles. The smallest absolute Gasteiger partial charge is 0.399 e. The summed E-state index contributed by atoms with van der Waals surface area (Å²) in [7, 11) is 0. The average Bonchev–Trinajstić information content (AvgIpc) is 2.65. The van der Waals surface area contributed by atoms with Gasteiger partial charge in [-0.3, -0.25) is 0 Å². The molecule has 0 aliphatic heterocycles. The van der Waals surface area contributed by atoms with E-state index < -0.39 is 0 Å². The maximum absolute atomic E-state index is 8.76. The molecule has 2 rings (SSSR count). The van der Waals surface area contributed by atoms with Crippen LogP contribution in [0.3, 0.4) is 0 Å². The Morgan fingerprint density at radius 2 is 2.33 bits per heavy atom. The molecule has 0 aliphatic rings. The van der Waals surface area contributed by atoms with E-state index in [0.29, 0.717) is 16.5 Å². The van der Waals surface area contributed by atoms with Crippen LogP contribution in [0.2, 0.25) is 5.02 Å². The van der Waals surface area contributed by atoms with Gasteiger partial charge >= 0.3 is 6.08 Å². The minimum atomic E-state index is -0.178. The molecular weight excluding hydrogens is 218 g/mol. The number of ether oxygens (including phenoxy) is 1. The Balaban J connectivity index is 2.14. The van der Waals surface area contributed by atoms with Crippen LogP contribution in [0.4, 0.5) is 0 Å². The number of hydrogen-bond acceptors (Lipinski definition) is 4. The van der Waals surface area contributed by atoms with Crippen molar-refractivity contribution in [2.45, 2.75) is 6.61 Å². The van der Waals surface area contributed by atoms with Gasteiger partial charge in [0.15, 0.2) is 0 Å². The maximum atomic E-state index is 8.76. The second-order valence-corrected chi connectivity index (χ2v) is 3.26. The fourth-order valence-electron chi connectivity index (χ4n) is 1.04. The number of oxazole rings is 1. The van der Waals surface area contributed by atoms with Crippen LogP contribution in [-0.4, -0.2) is 10.1 Å². The molecule has 78 valence electrons. The number of aromatic nitrogens is 1. The Morgan fingerprint density at radius 3 is 3.00 bits per heavy atom. The topological polar surface area (TPSA) is 55.5 Å². The van der Waals surface area contributed by atoms with Crippen molar-refractivity contribution in [1.82, 2.24) is 4.98 Å². The lowest BCUT2D eigenvalue weighted by molar-refractivity contribution is 0.276. The monoisotopic (exact) mass is 225 g/mol. The molecule has 0 spiro atoms. The maximum Gasteiger partial charge on any atom is 0.399 e. The van der Waals surface area contributed by atoms with Crippen LogP contribution >= 0.6 is 11.6 Å². The molecule has 1 heterocycles. The number of aliphatic hydroxyl groups is 1. The molecule has 0 radical (unpaired) electrons. The molecule has 0 aliphatic carbocycles. The summed E-state index contributed by atoms with van der Waals surface area (Å²) in [5, 5.41) is 9.33. The van der Waals surface area contributed by atoms with E-state index in [0.717, 1.165) is 0 Å². The molecule has 0 bridgehead atoms. The van der Waals surface area contributed by atoms with Gasteiger partial charge in [0, 0.05) is 5.02 Å². The molecule has 0 unspecified atom stereocenters. The highest BCUT2D eigenvalue weighted by Crippen LogP contribution is 2.23. The number of benzene rings is 1. The quantitative estimate of drug-likeness (QED) is 0.873. The normalized spacial score (nSPS) is 10.3. The Kier molecular flexibility index (Phi) is 2.89. The van der Waals surface area contributed by atoms with Crippen molar-refractivity contribution in [1.29, 1.82) is 0 Å². The molecule has 0 atom stereocenters. The number of rotatable bonds is 3. The first-order valence-corrected chi connectivity index (χ1v) is 4.64. The van der Waals surface area contributed by atoms with E-state index in [1.165, 1.54) is 6.26 Å². The summed E-state index contributed by atoms with van der Waals surface area (Å²) in [4.78, 5) is 3.87. The lowest BCUT2D eigenvalue weighted by Gasteiger charge is -1.99. The zero-order valence-corrected chi connectivity index (χ0v) is 8.44. The predicted octanol–water partition coefficient (Wildman–Crippen LogP) is 2.61. The third kappa shape index (κ3) is 2.49. The second kappa shape index (κ2) is 4.33. The van der Waals surface area contributed by atoms with Crippen LogP contribution in [0, 0.1) is 0 Å². The first kappa shape index (κ1) is 10.0. The fourth-order valence-corrected chi connectivity index (χ4v) is 1.22. The number of halogens is 1.